The molecule has 0 aliphatic carbocycles. The monoisotopic (exact) mass is 482 g/mol. The molecule has 0 aliphatic heterocycles. The van der Waals surface area contributed by atoms with Gasteiger partial charge in [0.2, 0.25) is 0 Å². The van der Waals surface area contributed by atoms with Gasteiger partial charge < -0.3 is 0 Å². The molecule has 1 radical (unpaired) electrons. The van der Waals surface area contributed by atoms with Gasteiger partial charge in [-0.1, -0.05) is 51.1 Å². The van der Waals surface area contributed by atoms with Crippen LogP contribution in [-0.2, 0) is 31.9 Å². The second kappa shape index (κ2) is 7.25. The van der Waals surface area contributed by atoms with Gasteiger partial charge in [0.15, 0.2) is 0 Å². The molecule has 0 amide bonds. The number of rotatable bonds is 3. The summed E-state index contributed by atoms with van der Waals surface area (Å²) in [7, 11) is 0. The van der Waals surface area contributed by atoms with Crippen LogP contribution in [-0.4, -0.2) is 9.78 Å². The first-order chi connectivity index (χ1) is 10.5. The average Bonchev–Trinajstić information content (AvgIpc) is 2.93. The summed E-state index contributed by atoms with van der Waals surface area (Å²) >= 11 is 0. The van der Waals surface area contributed by atoms with Gasteiger partial charge in [-0.05, 0) is 22.2 Å². The van der Waals surface area contributed by atoms with Crippen LogP contribution in [0.3, 0.4) is 0 Å². The second-order valence-corrected chi connectivity index (χ2v) is 6.59. The first-order valence-electron chi connectivity index (χ1n) is 7.64. The quantitative estimate of drug-likeness (QED) is 0.502. The van der Waals surface area contributed by atoms with E-state index >= 15 is 0 Å². The van der Waals surface area contributed by atoms with Crippen molar-refractivity contribution in [3.8, 4) is 5.69 Å². The summed E-state index contributed by atoms with van der Waals surface area (Å²) in [6.45, 7) is 6.70. The number of hydrogen-bond donors (Lipinski definition) is 0. The molecule has 0 aliphatic rings. The second-order valence-electron chi connectivity index (χ2n) is 6.59. The third kappa shape index (κ3) is 4.19. The van der Waals surface area contributed by atoms with E-state index in [4.69, 9.17) is 5.10 Å². The van der Waals surface area contributed by atoms with Crippen LogP contribution in [0, 0.1) is 6.07 Å². The summed E-state index contributed by atoms with van der Waals surface area (Å²) in [5.74, 6) is 0. The Labute approximate surface area is 151 Å². The summed E-state index contributed by atoms with van der Waals surface area (Å²) in [6.07, 6.45) is 3.00. The summed E-state index contributed by atoms with van der Waals surface area (Å²) < 4.78 is 1.94. The van der Waals surface area contributed by atoms with Crippen molar-refractivity contribution in [2.75, 3.05) is 0 Å². The van der Waals surface area contributed by atoms with E-state index in [1.165, 1.54) is 11.1 Å². The molecule has 0 saturated carbocycles. The fourth-order valence-corrected chi connectivity index (χ4v) is 2.61. The molecule has 3 aromatic rings. The van der Waals surface area contributed by atoms with Crippen molar-refractivity contribution in [2.45, 2.75) is 32.6 Å². The minimum absolute atomic E-state index is 0. The Kier molecular flexibility index (Phi) is 5.56. The smallest absolute Gasteiger partial charge is 0.0709 e. The number of hydrogen-bond acceptors (Lipinski definition) is 1. The number of aromatic nitrogens is 2. The van der Waals surface area contributed by atoms with Crippen molar-refractivity contribution in [1.82, 2.24) is 9.78 Å². The molecule has 23 heavy (non-hydrogen) atoms. The number of benzene rings is 2. The zero-order valence-corrected chi connectivity index (χ0v) is 16.1. The van der Waals surface area contributed by atoms with Gasteiger partial charge in [-0.3, -0.25) is 4.68 Å². The SMILES string of the molecule is CC(C)(C)c1cn(-c2[c-]cccc2)nc1Cc1ccccc1.[Ir]. The van der Waals surface area contributed by atoms with Crippen molar-refractivity contribution in [3.63, 3.8) is 0 Å². The molecule has 0 saturated heterocycles. The van der Waals surface area contributed by atoms with Crippen LogP contribution >= 0.6 is 0 Å². The van der Waals surface area contributed by atoms with E-state index in [9.17, 15) is 0 Å². The maximum atomic E-state index is 4.83. The summed E-state index contributed by atoms with van der Waals surface area (Å²) in [5.41, 5.74) is 4.75. The van der Waals surface area contributed by atoms with Crippen LogP contribution < -0.4 is 0 Å². The average molecular weight is 482 g/mol. The first-order valence-corrected chi connectivity index (χ1v) is 7.64. The fraction of sp³-hybridized carbons (Fsp3) is 0.250. The predicted octanol–water partition coefficient (Wildman–Crippen LogP) is 4.56. The van der Waals surface area contributed by atoms with Crippen molar-refractivity contribution < 1.29 is 20.1 Å². The van der Waals surface area contributed by atoms with E-state index in [-0.39, 0.29) is 25.5 Å². The zero-order chi connectivity index (χ0) is 15.6. The van der Waals surface area contributed by atoms with Crippen LogP contribution in [0.2, 0.25) is 0 Å². The van der Waals surface area contributed by atoms with Gasteiger partial charge in [-0.25, -0.2) is 0 Å². The summed E-state index contributed by atoms with van der Waals surface area (Å²) in [6, 6.07) is 21.7. The fourth-order valence-electron chi connectivity index (χ4n) is 2.61. The van der Waals surface area contributed by atoms with Gasteiger partial charge in [0.05, 0.1) is 5.69 Å². The van der Waals surface area contributed by atoms with Crippen molar-refractivity contribution >= 4 is 0 Å². The Balaban J connectivity index is 0.00000192. The molecule has 1 heterocycles. The minimum atomic E-state index is 0. The molecule has 0 unspecified atom stereocenters. The molecule has 3 heteroatoms. The third-order valence-corrected chi connectivity index (χ3v) is 3.75. The largest absolute Gasteiger partial charge is 0.265 e. The molecule has 0 fully saturated rings. The van der Waals surface area contributed by atoms with Gasteiger partial charge >= 0.3 is 0 Å². The van der Waals surface area contributed by atoms with E-state index in [1.807, 2.05) is 35.0 Å². The molecule has 0 atom stereocenters. The number of nitrogens with zero attached hydrogens (tertiary/aromatic N) is 2. The molecule has 3 rings (SSSR count). The molecule has 0 spiro atoms. The Bertz CT molecular complexity index is 740. The summed E-state index contributed by atoms with van der Waals surface area (Å²) in [5, 5.41) is 4.83. The molecule has 0 N–H and O–H groups in total. The van der Waals surface area contributed by atoms with E-state index in [0.29, 0.717) is 0 Å². The van der Waals surface area contributed by atoms with E-state index in [0.717, 1.165) is 17.8 Å². The van der Waals surface area contributed by atoms with Crippen molar-refractivity contribution in [2.24, 2.45) is 0 Å². The Morgan fingerprint density at radius 3 is 2.30 bits per heavy atom. The van der Waals surface area contributed by atoms with Crippen molar-refractivity contribution in [3.05, 3.63) is 83.7 Å². The molecular formula is C20H21IrN2-. The maximum Gasteiger partial charge on any atom is 0.0709 e. The van der Waals surface area contributed by atoms with Gasteiger partial charge in [0, 0.05) is 32.7 Å². The van der Waals surface area contributed by atoms with Gasteiger partial charge in [0.1, 0.15) is 0 Å². The molecule has 2 nitrogen and oxygen atoms in total. The molecule has 1 aromatic heterocycles. The molecular weight excluding hydrogens is 460 g/mol. The molecule has 121 valence electrons. The Morgan fingerprint density at radius 2 is 1.70 bits per heavy atom. The standard InChI is InChI=1S/C20H21N2.Ir/c1-20(2,3)18-15-22(17-12-8-5-9-13-17)21-19(18)14-16-10-6-4-7-11-16;/h4-12,15H,14H2,1-3H3;/q-1;. The van der Waals surface area contributed by atoms with Crippen LogP contribution in [0.15, 0.2) is 60.8 Å². The van der Waals surface area contributed by atoms with E-state index in [2.05, 4.69) is 57.3 Å². The zero-order valence-electron chi connectivity index (χ0n) is 13.7. The van der Waals surface area contributed by atoms with E-state index < -0.39 is 0 Å². The van der Waals surface area contributed by atoms with Gasteiger partial charge in [-0.15, -0.1) is 6.07 Å². The normalized spacial score (nSPS) is 11.1. The van der Waals surface area contributed by atoms with Crippen LogP contribution in [0.4, 0.5) is 0 Å². The molecule has 2 aromatic carbocycles. The topological polar surface area (TPSA) is 17.8 Å². The molecule has 0 bridgehead atoms. The van der Waals surface area contributed by atoms with E-state index in [1.54, 1.807) is 0 Å². The van der Waals surface area contributed by atoms with Crippen LogP contribution in [0.25, 0.3) is 5.69 Å². The Morgan fingerprint density at radius 1 is 1.00 bits per heavy atom. The number of para-hydroxylation sites is 1. The van der Waals surface area contributed by atoms with Crippen LogP contribution in [0.5, 0.6) is 0 Å². The maximum absolute atomic E-state index is 4.83. The third-order valence-electron chi connectivity index (χ3n) is 3.75. The Hall–Kier alpha value is -1.70. The van der Waals surface area contributed by atoms with Crippen molar-refractivity contribution in [1.29, 1.82) is 0 Å². The predicted molar refractivity (Wildman–Crippen MR) is 90.3 cm³/mol. The van der Waals surface area contributed by atoms with Gasteiger partial charge in [0.25, 0.3) is 0 Å². The summed E-state index contributed by atoms with van der Waals surface area (Å²) in [4.78, 5) is 0. The first kappa shape index (κ1) is 17.7. The van der Waals surface area contributed by atoms with Crippen LogP contribution in [0.1, 0.15) is 37.6 Å². The van der Waals surface area contributed by atoms with Gasteiger partial charge in [-0.2, -0.15) is 29.4 Å². The minimum Gasteiger partial charge on any atom is -0.265 e.